The van der Waals surface area contributed by atoms with Gasteiger partial charge in [0.2, 0.25) is 10.0 Å². The standard InChI is InChI=1S/C37H42ClF2N5O3S/c1-24-42-33-8-3-4-9-34(33)45(24)29-13-11-27-10-12-28(21-29)44(27)19-16-37(25-6-5-7-26(39)20-25)14-17-43(18-15-37)36(46)30-22-35(49(47,48)41-2)32(40)23-31(30)38/h3-9,20,22-23,27-29,41H,10-19,21H2,1-2H3/t27-,28+,29?/m0/s1. The predicted molar refractivity (Wildman–Crippen MR) is 186 cm³/mol. The average Bonchev–Trinajstić information content (AvgIpc) is 3.57. The lowest BCUT2D eigenvalue weighted by Crippen LogP contribution is -2.47. The zero-order chi connectivity index (χ0) is 34.5. The molecule has 7 rings (SSSR count). The normalized spacial score (nSPS) is 22.8. The fourth-order valence-corrected chi connectivity index (χ4v) is 9.82. The van der Waals surface area contributed by atoms with Gasteiger partial charge in [0.25, 0.3) is 5.91 Å². The molecular weight excluding hydrogens is 668 g/mol. The molecule has 1 N–H and O–H groups in total. The van der Waals surface area contributed by atoms with Gasteiger partial charge in [-0.25, -0.2) is 26.9 Å². The molecule has 260 valence electrons. The van der Waals surface area contributed by atoms with Gasteiger partial charge in [-0.15, -0.1) is 0 Å². The van der Waals surface area contributed by atoms with E-state index in [1.54, 1.807) is 17.0 Å². The number of carbonyl (C=O) groups excluding carboxylic acids is 1. The monoisotopic (exact) mass is 709 g/mol. The Balaban J connectivity index is 1.10. The Morgan fingerprint density at radius 2 is 1.69 bits per heavy atom. The number of likely N-dealkylation sites (tertiary alicyclic amines) is 1. The van der Waals surface area contributed by atoms with E-state index in [0.29, 0.717) is 44.1 Å². The second-order valence-electron chi connectivity index (χ2n) is 13.9. The second kappa shape index (κ2) is 13.4. The molecule has 3 saturated heterocycles. The maximum Gasteiger partial charge on any atom is 0.255 e. The van der Waals surface area contributed by atoms with Gasteiger partial charge >= 0.3 is 0 Å². The number of piperidine rings is 1. The number of halogens is 3. The molecule has 3 atom stereocenters. The van der Waals surface area contributed by atoms with Crippen LogP contribution < -0.4 is 4.72 Å². The molecule has 0 aliphatic carbocycles. The van der Waals surface area contributed by atoms with Crippen molar-refractivity contribution in [3.05, 3.63) is 94.3 Å². The molecule has 4 aromatic rings. The first-order valence-electron chi connectivity index (χ1n) is 17.2. The third-order valence-corrected chi connectivity index (χ3v) is 13.1. The summed E-state index contributed by atoms with van der Waals surface area (Å²) in [6, 6.07) is 18.4. The van der Waals surface area contributed by atoms with Gasteiger partial charge in [-0.2, -0.15) is 0 Å². The van der Waals surface area contributed by atoms with Gasteiger partial charge in [0, 0.05) is 31.2 Å². The fraction of sp³-hybridized carbons (Fsp3) is 0.459. The number of rotatable bonds is 8. The van der Waals surface area contributed by atoms with Crippen LogP contribution in [-0.2, 0) is 15.4 Å². The van der Waals surface area contributed by atoms with Gasteiger partial charge in [-0.1, -0.05) is 35.9 Å². The van der Waals surface area contributed by atoms with E-state index >= 15 is 0 Å². The van der Waals surface area contributed by atoms with Gasteiger partial charge in [0.05, 0.1) is 21.6 Å². The molecule has 0 spiro atoms. The number of aromatic nitrogens is 2. The number of aryl methyl sites for hydroxylation is 1. The van der Waals surface area contributed by atoms with Crippen molar-refractivity contribution in [2.45, 2.75) is 86.7 Å². The lowest BCUT2D eigenvalue weighted by molar-refractivity contribution is 0.0639. The third kappa shape index (κ3) is 6.39. The number of fused-ring (bicyclic) bond motifs is 3. The first kappa shape index (κ1) is 34.1. The molecule has 49 heavy (non-hydrogen) atoms. The van der Waals surface area contributed by atoms with Crippen LogP contribution >= 0.6 is 11.6 Å². The van der Waals surface area contributed by atoms with Gasteiger partial charge in [0.15, 0.2) is 0 Å². The predicted octanol–water partition coefficient (Wildman–Crippen LogP) is 7.01. The van der Waals surface area contributed by atoms with Crippen LogP contribution in [0.25, 0.3) is 11.0 Å². The van der Waals surface area contributed by atoms with Crippen molar-refractivity contribution in [2.24, 2.45) is 0 Å². The number of sulfonamides is 1. The molecule has 1 amide bonds. The van der Waals surface area contributed by atoms with Crippen LogP contribution in [-0.4, -0.2) is 72.4 Å². The van der Waals surface area contributed by atoms with Gasteiger partial charge in [-0.05, 0) is 119 Å². The number of carbonyl (C=O) groups is 1. The van der Waals surface area contributed by atoms with Crippen molar-refractivity contribution in [1.82, 2.24) is 24.1 Å². The first-order chi connectivity index (χ1) is 23.5. The second-order valence-corrected chi connectivity index (χ2v) is 16.2. The van der Waals surface area contributed by atoms with Gasteiger partial charge < -0.3 is 9.47 Å². The Morgan fingerprint density at radius 3 is 2.43 bits per heavy atom. The summed E-state index contributed by atoms with van der Waals surface area (Å²) < 4.78 is 58.6. The van der Waals surface area contributed by atoms with Crippen molar-refractivity contribution in [2.75, 3.05) is 26.7 Å². The molecule has 12 heteroatoms. The number of nitrogens with zero attached hydrogens (tertiary/aromatic N) is 4. The van der Waals surface area contributed by atoms with Crippen molar-refractivity contribution < 1.29 is 22.0 Å². The maximum absolute atomic E-state index is 14.7. The molecule has 8 nitrogen and oxygen atoms in total. The minimum absolute atomic E-state index is 0.0632. The summed E-state index contributed by atoms with van der Waals surface area (Å²) in [5, 5.41) is -0.145. The quantitative estimate of drug-likeness (QED) is 0.213. The number of nitrogens with one attached hydrogen (secondary N) is 1. The minimum atomic E-state index is -4.14. The van der Waals surface area contributed by atoms with Crippen molar-refractivity contribution in [1.29, 1.82) is 0 Å². The lowest BCUT2D eigenvalue weighted by Gasteiger charge is -2.44. The average molecular weight is 710 g/mol. The minimum Gasteiger partial charge on any atom is -0.339 e. The van der Waals surface area contributed by atoms with Crippen LogP contribution in [0, 0.1) is 18.6 Å². The molecule has 3 aliphatic heterocycles. The van der Waals surface area contributed by atoms with Crippen molar-refractivity contribution >= 4 is 38.6 Å². The smallest absolute Gasteiger partial charge is 0.255 e. The summed E-state index contributed by atoms with van der Waals surface area (Å²) in [6.07, 6.45) is 7.66. The fourth-order valence-electron chi connectivity index (χ4n) is 8.78. The molecule has 3 fully saturated rings. The number of imidazole rings is 1. The summed E-state index contributed by atoms with van der Waals surface area (Å²) >= 11 is 6.29. The molecule has 1 aromatic heterocycles. The summed E-state index contributed by atoms with van der Waals surface area (Å²) in [5.74, 6) is -0.706. The highest BCUT2D eigenvalue weighted by molar-refractivity contribution is 7.89. The van der Waals surface area contributed by atoms with E-state index in [4.69, 9.17) is 16.6 Å². The van der Waals surface area contributed by atoms with Crippen LogP contribution in [0.1, 0.15) is 79.2 Å². The number of hydrogen-bond acceptors (Lipinski definition) is 5. The highest BCUT2D eigenvalue weighted by atomic mass is 35.5. The molecular formula is C37H42ClF2N5O3S. The molecule has 1 unspecified atom stereocenters. The van der Waals surface area contributed by atoms with Crippen LogP contribution in [0.4, 0.5) is 8.78 Å². The number of amides is 1. The topological polar surface area (TPSA) is 87.5 Å². The Bertz CT molecular complexity index is 1990. The van der Waals surface area contributed by atoms with E-state index in [9.17, 15) is 22.0 Å². The van der Waals surface area contributed by atoms with Crippen LogP contribution in [0.2, 0.25) is 5.02 Å². The Hall–Kier alpha value is -3.38. The third-order valence-electron chi connectivity index (χ3n) is 11.4. The SMILES string of the molecule is CNS(=O)(=O)c1cc(C(=O)N2CCC(CCN3[C@@H]4CCC(n5c(C)nc6ccccc65)C[C@H]3CC4)(c3cccc(F)c3)CC2)c(Cl)cc1F. The summed E-state index contributed by atoms with van der Waals surface area (Å²) in [7, 11) is -2.96. The van der Waals surface area contributed by atoms with Gasteiger partial charge in [0.1, 0.15) is 22.4 Å². The van der Waals surface area contributed by atoms with E-state index < -0.39 is 26.6 Å². The van der Waals surface area contributed by atoms with E-state index in [1.165, 1.54) is 25.1 Å². The van der Waals surface area contributed by atoms with Crippen LogP contribution in [0.15, 0.2) is 65.6 Å². The Labute approximate surface area is 291 Å². The van der Waals surface area contributed by atoms with E-state index in [-0.39, 0.29) is 21.8 Å². The zero-order valence-electron chi connectivity index (χ0n) is 27.8. The highest BCUT2D eigenvalue weighted by Crippen LogP contribution is 2.44. The van der Waals surface area contributed by atoms with Crippen LogP contribution in [0.3, 0.4) is 0 Å². The summed E-state index contributed by atoms with van der Waals surface area (Å²) in [5.41, 5.74) is 2.75. The maximum atomic E-state index is 14.7. The largest absolute Gasteiger partial charge is 0.339 e. The Morgan fingerprint density at radius 1 is 0.980 bits per heavy atom. The molecule has 0 saturated carbocycles. The number of para-hydroxylation sites is 2. The molecule has 2 bridgehead atoms. The van der Waals surface area contributed by atoms with Crippen molar-refractivity contribution in [3.8, 4) is 0 Å². The molecule has 0 radical (unpaired) electrons. The van der Waals surface area contributed by atoms with E-state index in [1.807, 2.05) is 12.1 Å². The Kier molecular flexibility index (Phi) is 9.32. The summed E-state index contributed by atoms with van der Waals surface area (Å²) in [6.45, 7) is 3.73. The highest BCUT2D eigenvalue weighted by Gasteiger charge is 2.43. The first-order valence-corrected chi connectivity index (χ1v) is 19.0. The number of hydrogen-bond donors (Lipinski definition) is 1. The molecule has 4 heterocycles. The molecule has 3 aromatic carbocycles. The van der Waals surface area contributed by atoms with E-state index in [2.05, 4.69) is 39.3 Å². The lowest BCUT2D eigenvalue weighted by atomic mass is 9.70. The molecule has 3 aliphatic rings. The zero-order valence-corrected chi connectivity index (χ0v) is 29.4. The van der Waals surface area contributed by atoms with Gasteiger partial charge in [-0.3, -0.25) is 9.69 Å². The number of benzene rings is 3. The van der Waals surface area contributed by atoms with E-state index in [0.717, 1.165) is 67.7 Å². The van der Waals surface area contributed by atoms with Crippen LogP contribution in [0.5, 0.6) is 0 Å². The summed E-state index contributed by atoms with van der Waals surface area (Å²) in [4.78, 5) is 22.3. The van der Waals surface area contributed by atoms with Crippen molar-refractivity contribution in [3.63, 3.8) is 0 Å².